The normalized spacial score (nSPS) is 10.6. The third-order valence-corrected chi connectivity index (χ3v) is 4.40. The zero-order valence-corrected chi connectivity index (χ0v) is 17.1. The Hall–Kier alpha value is -3.03. The molecule has 158 valence electrons. The van der Waals surface area contributed by atoms with Gasteiger partial charge >= 0.3 is 5.97 Å². The smallest absolute Gasteiger partial charge is 0.305 e. The predicted octanol–water partition coefficient (Wildman–Crippen LogP) is 3.13. The molecule has 0 saturated carbocycles. The molecule has 2 aromatic rings. The summed E-state index contributed by atoms with van der Waals surface area (Å²) in [5, 5.41) is 0. The van der Waals surface area contributed by atoms with E-state index in [0.717, 1.165) is 48.3 Å². The number of hydrogen-bond acceptors (Lipinski definition) is 8. The van der Waals surface area contributed by atoms with Gasteiger partial charge in [0.2, 0.25) is 5.95 Å². The van der Waals surface area contributed by atoms with Crippen molar-refractivity contribution >= 4 is 17.7 Å². The highest BCUT2D eigenvalue weighted by Crippen LogP contribution is 2.27. The lowest BCUT2D eigenvalue weighted by Crippen LogP contribution is -2.05. The molecule has 1 heterocycles. The summed E-state index contributed by atoms with van der Waals surface area (Å²) in [7, 11) is 1.62. The standard InChI is InChI=1S/C21H30N4O4/c1-3-28-19(26)8-6-4-5-7-11-29-17-9-10-18(27-2)15(13-17)12-16-14-24-21(23)25-20(16)22/h9-10,13-14H,3-8,11-12H2,1-2H3,(H4,22,23,24,25). The van der Waals surface area contributed by atoms with Gasteiger partial charge in [0, 0.05) is 30.2 Å². The highest BCUT2D eigenvalue weighted by molar-refractivity contribution is 5.69. The van der Waals surface area contributed by atoms with E-state index in [9.17, 15) is 4.79 Å². The third-order valence-electron chi connectivity index (χ3n) is 4.40. The van der Waals surface area contributed by atoms with Crippen molar-refractivity contribution in [2.45, 2.75) is 45.4 Å². The quantitative estimate of drug-likeness (QED) is 0.410. The Bertz CT molecular complexity index is 798. The molecule has 8 nitrogen and oxygen atoms in total. The van der Waals surface area contributed by atoms with Gasteiger partial charge in [0.15, 0.2) is 0 Å². The SMILES string of the molecule is CCOC(=O)CCCCCCOc1ccc(OC)c(Cc2cnc(N)nc2N)c1. The Morgan fingerprint density at radius 3 is 2.62 bits per heavy atom. The number of aromatic nitrogens is 2. The monoisotopic (exact) mass is 402 g/mol. The number of nitrogens with two attached hydrogens (primary N) is 2. The fourth-order valence-corrected chi connectivity index (χ4v) is 2.91. The van der Waals surface area contributed by atoms with E-state index in [-0.39, 0.29) is 11.9 Å². The number of rotatable bonds is 12. The molecule has 0 aliphatic rings. The zero-order chi connectivity index (χ0) is 21.1. The minimum Gasteiger partial charge on any atom is -0.496 e. The molecule has 0 bridgehead atoms. The van der Waals surface area contributed by atoms with E-state index in [1.54, 1.807) is 13.3 Å². The van der Waals surface area contributed by atoms with Gasteiger partial charge in [-0.3, -0.25) is 4.79 Å². The fourth-order valence-electron chi connectivity index (χ4n) is 2.91. The second-order valence-corrected chi connectivity index (χ2v) is 6.61. The first kappa shape index (κ1) is 22.3. The topological polar surface area (TPSA) is 123 Å². The summed E-state index contributed by atoms with van der Waals surface area (Å²) in [5.74, 6) is 1.89. The van der Waals surface area contributed by atoms with Gasteiger partial charge in [0.25, 0.3) is 0 Å². The van der Waals surface area contributed by atoms with E-state index >= 15 is 0 Å². The van der Waals surface area contributed by atoms with Gasteiger partial charge in [-0.05, 0) is 38.0 Å². The molecule has 4 N–H and O–H groups in total. The first-order valence-electron chi connectivity index (χ1n) is 9.85. The largest absolute Gasteiger partial charge is 0.496 e. The van der Waals surface area contributed by atoms with E-state index in [4.69, 9.17) is 25.7 Å². The number of hydrogen-bond donors (Lipinski definition) is 2. The van der Waals surface area contributed by atoms with Gasteiger partial charge in [0.1, 0.15) is 17.3 Å². The van der Waals surface area contributed by atoms with E-state index in [1.807, 2.05) is 25.1 Å². The molecule has 0 aliphatic carbocycles. The summed E-state index contributed by atoms with van der Waals surface area (Å²) < 4.78 is 16.2. The van der Waals surface area contributed by atoms with Crippen molar-refractivity contribution in [2.24, 2.45) is 0 Å². The van der Waals surface area contributed by atoms with Gasteiger partial charge in [-0.25, -0.2) is 4.98 Å². The van der Waals surface area contributed by atoms with Crippen LogP contribution < -0.4 is 20.9 Å². The van der Waals surface area contributed by atoms with E-state index in [2.05, 4.69) is 9.97 Å². The summed E-state index contributed by atoms with van der Waals surface area (Å²) in [5.41, 5.74) is 13.2. The summed E-state index contributed by atoms with van der Waals surface area (Å²) in [6.07, 6.45) is 6.36. The van der Waals surface area contributed by atoms with Gasteiger partial charge in [-0.2, -0.15) is 4.98 Å². The molecule has 0 saturated heterocycles. The van der Waals surface area contributed by atoms with Crippen molar-refractivity contribution < 1.29 is 19.0 Å². The average molecular weight is 402 g/mol. The maximum atomic E-state index is 11.3. The van der Waals surface area contributed by atoms with Gasteiger partial charge in [0.05, 0.1) is 20.3 Å². The van der Waals surface area contributed by atoms with Gasteiger partial charge in [-0.1, -0.05) is 12.8 Å². The molecular formula is C21H30N4O4. The Morgan fingerprint density at radius 1 is 1.10 bits per heavy atom. The highest BCUT2D eigenvalue weighted by atomic mass is 16.5. The van der Waals surface area contributed by atoms with Crippen LogP contribution >= 0.6 is 0 Å². The number of nitrogen functional groups attached to an aromatic ring is 2. The number of esters is 1. The molecule has 0 spiro atoms. The number of unbranched alkanes of at least 4 members (excludes halogenated alkanes) is 3. The van der Waals surface area contributed by atoms with Crippen molar-refractivity contribution in [1.82, 2.24) is 9.97 Å². The lowest BCUT2D eigenvalue weighted by Gasteiger charge is -2.13. The van der Waals surface area contributed by atoms with E-state index in [1.165, 1.54) is 0 Å². The third kappa shape index (κ3) is 7.48. The van der Waals surface area contributed by atoms with Crippen LogP contribution in [0.25, 0.3) is 0 Å². The molecule has 2 rings (SSSR count). The Kier molecular flexibility index (Phi) is 9.01. The molecule has 0 aliphatic heterocycles. The second-order valence-electron chi connectivity index (χ2n) is 6.61. The number of carbonyl (C=O) groups is 1. The van der Waals surface area contributed by atoms with Crippen LogP contribution in [-0.4, -0.2) is 36.3 Å². The van der Waals surface area contributed by atoms with Crippen LogP contribution in [0.4, 0.5) is 11.8 Å². The molecule has 0 amide bonds. The minimum absolute atomic E-state index is 0.123. The molecule has 1 aromatic heterocycles. The van der Waals surface area contributed by atoms with Crippen molar-refractivity contribution in [3.05, 3.63) is 35.5 Å². The lowest BCUT2D eigenvalue weighted by molar-refractivity contribution is -0.143. The molecule has 0 radical (unpaired) electrons. The molecule has 1 aromatic carbocycles. The highest BCUT2D eigenvalue weighted by Gasteiger charge is 2.10. The molecule has 0 unspecified atom stereocenters. The first-order chi connectivity index (χ1) is 14.0. The van der Waals surface area contributed by atoms with Crippen molar-refractivity contribution in [1.29, 1.82) is 0 Å². The summed E-state index contributed by atoms with van der Waals surface area (Å²) in [4.78, 5) is 19.3. The summed E-state index contributed by atoms with van der Waals surface area (Å²) in [6, 6.07) is 5.69. The maximum Gasteiger partial charge on any atom is 0.305 e. The molecular weight excluding hydrogens is 372 g/mol. The fraction of sp³-hybridized carbons (Fsp3) is 0.476. The molecule has 0 atom stereocenters. The number of nitrogens with zero attached hydrogens (tertiary/aromatic N) is 2. The number of methoxy groups -OCH3 is 1. The predicted molar refractivity (Wildman–Crippen MR) is 112 cm³/mol. The average Bonchev–Trinajstić information content (AvgIpc) is 2.70. The van der Waals surface area contributed by atoms with Crippen LogP contribution in [0.15, 0.2) is 24.4 Å². The number of anilines is 2. The molecule has 8 heteroatoms. The Balaban J connectivity index is 1.83. The van der Waals surface area contributed by atoms with E-state index in [0.29, 0.717) is 31.9 Å². The van der Waals surface area contributed by atoms with Gasteiger partial charge in [-0.15, -0.1) is 0 Å². The summed E-state index contributed by atoms with van der Waals surface area (Å²) >= 11 is 0. The van der Waals surface area contributed by atoms with Crippen LogP contribution in [0.5, 0.6) is 11.5 Å². The summed E-state index contributed by atoms with van der Waals surface area (Å²) in [6.45, 7) is 2.87. The Morgan fingerprint density at radius 2 is 1.90 bits per heavy atom. The van der Waals surface area contributed by atoms with Crippen LogP contribution in [0.3, 0.4) is 0 Å². The Labute approximate surface area is 171 Å². The number of carbonyl (C=O) groups excluding carboxylic acids is 1. The lowest BCUT2D eigenvalue weighted by atomic mass is 10.1. The van der Waals surface area contributed by atoms with Crippen molar-refractivity contribution in [3.63, 3.8) is 0 Å². The van der Waals surface area contributed by atoms with Crippen molar-refractivity contribution in [2.75, 3.05) is 31.8 Å². The van der Waals surface area contributed by atoms with Gasteiger partial charge < -0.3 is 25.7 Å². The second kappa shape index (κ2) is 11.7. The van der Waals surface area contributed by atoms with Crippen LogP contribution in [-0.2, 0) is 16.0 Å². The molecule has 0 fully saturated rings. The zero-order valence-electron chi connectivity index (χ0n) is 17.1. The molecule has 29 heavy (non-hydrogen) atoms. The maximum absolute atomic E-state index is 11.3. The van der Waals surface area contributed by atoms with Crippen LogP contribution in [0.1, 0.15) is 50.2 Å². The van der Waals surface area contributed by atoms with Crippen LogP contribution in [0.2, 0.25) is 0 Å². The number of benzene rings is 1. The first-order valence-corrected chi connectivity index (χ1v) is 9.85. The van der Waals surface area contributed by atoms with E-state index < -0.39 is 0 Å². The minimum atomic E-state index is -0.123. The van der Waals surface area contributed by atoms with Crippen molar-refractivity contribution in [3.8, 4) is 11.5 Å². The van der Waals surface area contributed by atoms with Crippen LogP contribution in [0, 0.1) is 0 Å². The number of ether oxygens (including phenoxy) is 3.